The maximum Gasteiger partial charge on any atom is 0.393 e. The molecule has 3 N–H and O–H groups in total. The largest absolute Gasteiger partial charge is 0.414 e. The molecule has 214 valence electrons. The third-order valence-corrected chi connectivity index (χ3v) is 7.27. The van der Waals surface area contributed by atoms with E-state index < -0.39 is 43.2 Å². The van der Waals surface area contributed by atoms with Crippen molar-refractivity contribution in [3.8, 4) is 16.6 Å². The molecule has 2 unspecified atom stereocenters. The Balaban J connectivity index is 1.41. The number of hydrogen-bond donors (Lipinski definition) is 3. The van der Waals surface area contributed by atoms with Crippen LogP contribution in [0.4, 0.5) is 32.0 Å². The van der Waals surface area contributed by atoms with Crippen LogP contribution in [-0.2, 0) is 20.0 Å². The third-order valence-electron chi connectivity index (χ3n) is 5.99. The van der Waals surface area contributed by atoms with Gasteiger partial charge in [0.05, 0.1) is 34.3 Å². The molecule has 1 fully saturated rings. The van der Waals surface area contributed by atoms with Gasteiger partial charge in [0, 0.05) is 26.3 Å². The number of halogens is 6. The molecule has 0 spiro atoms. The number of fused-ring (bicyclic) bond motifs is 1. The number of carbonyl (C=O) groups is 1. The van der Waals surface area contributed by atoms with E-state index in [1.54, 1.807) is 12.1 Å². The van der Waals surface area contributed by atoms with E-state index in [2.05, 4.69) is 35.9 Å². The number of anilines is 1. The lowest BCUT2D eigenvalue weighted by atomic mass is 10.1. The van der Waals surface area contributed by atoms with Crippen molar-refractivity contribution in [2.75, 3.05) is 18.4 Å². The van der Waals surface area contributed by atoms with Crippen LogP contribution in [0.25, 0.3) is 20.8 Å². The summed E-state index contributed by atoms with van der Waals surface area (Å²) in [5, 5.41) is 16.2. The van der Waals surface area contributed by atoms with Gasteiger partial charge < -0.3 is 25.2 Å². The summed E-state index contributed by atoms with van der Waals surface area (Å²) in [5.74, 6) is -1.69. The SMILES string of the molecule is Cn1cc(C(=O)NCc2nc(-c3sc4c(NC5CNCC5F)cccc4c3CC(F)(F)F)no2)c(OC(F)F)n1. The topological polar surface area (TPSA) is 119 Å². The first-order chi connectivity index (χ1) is 19.0. The molecule has 5 rings (SSSR count). The lowest BCUT2D eigenvalue weighted by molar-refractivity contribution is -0.126. The van der Waals surface area contributed by atoms with Gasteiger partial charge in [-0.15, -0.1) is 16.4 Å². The smallest absolute Gasteiger partial charge is 0.393 e. The van der Waals surface area contributed by atoms with E-state index in [-0.39, 0.29) is 40.8 Å². The Hall–Kier alpha value is -3.86. The average molecular weight is 590 g/mol. The van der Waals surface area contributed by atoms with Gasteiger partial charge in [0.15, 0.2) is 0 Å². The first-order valence-electron chi connectivity index (χ1n) is 11.8. The molecule has 1 aromatic carbocycles. The van der Waals surface area contributed by atoms with Gasteiger partial charge in [-0.3, -0.25) is 9.48 Å². The van der Waals surface area contributed by atoms with Gasteiger partial charge >= 0.3 is 12.8 Å². The molecule has 1 aliphatic heterocycles. The summed E-state index contributed by atoms with van der Waals surface area (Å²) in [7, 11) is 1.41. The monoisotopic (exact) mass is 589 g/mol. The van der Waals surface area contributed by atoms with Crippen molar-refractivity contribution in [3.63, 3.8) is 0 Å². The predicted octanol–water partition coefficient (Wildman–Crippen LogP) is 4.04. The highest BCUT2D eigenvalue weighted by atomic mass is 32.1. The van der Waals surface area contributed by atoms with Gasteiger partial charge in [0.25, 0.3) is 11.8 Å². The number of nitrogens with one attached hydrogen (secondary N) is 3. The molecule has 0 radical (unpaired) electrons. The molecule has 0 aliphatic carbocycles. The fraction of sp³-hybridized carbons (Fsp3) is 0.391. The molecule has 2 atom stereocenters. The number of nitrogens with zero attached hydrogens (tertiary/aromatic N) is 4. The molecule has 17 heteroatoms. The van der Waals surface area contributed by atoms with E-state index in [4.69, 9.17) is 4.52 Å². The van der Waals surface area contributed by atoms with Crippen molar-refractivity contribution < 1.29 is 40.4 Å². The molecule has 1 aliphatic rings. The molecule has 1 saturated heterocycles. The Morgan fingerprint density at radius 3 is 2.83 bits per heavy atom. The predicted molar refractivity (Wildman–Crippen MR) is 131 cm³/mol. The fourth-order valence-electron chi connectivity index (χ4n) is 4.29. The fourth-order valence-corrected chi connectivity index (χ4v) is 5.52. The second-order valence-corrected chi connectivity index (χ2v) is 9.92. The van der Waals surface area contributed by atoms with E-state index in [0.29, 0.717) is 22.3 Å². The van der Waals surface area contributed by atoms with Gasteiger partial charge in [-0.05, 0) is 17.0 Å². The van der Waals surface area contributed by atoms with Crippen molar-refractivity contribution in [1.29, 1.82) is 0 Å². The number of benzene rings is 1. The number of hydrogen-bond acceptors (Lipinski definition) is 9. The molecular formula is C23H21F6N7O3S. The van der Waals surface area contributed by atoms with E-state index in [9.17, 15) is 31.1 Å². The highest BCUT2D eigenvalue weighted by molar-refractivity contribution is 7.23. The number of aromatic nitrogens is 4. The summed E-state index contributed by atoms with van der Waals surface area (Å²) in [6.07, 6.45) is -5.81. The second-order valence-electron chi connectivity index (χ2n) is 8.90. The van der Waals surface area contributed by atoms with E-state index in [1.165, 1.54) is 19.3 Å². The highest BCUT2D eigenvalue weighted by Crippen LogP contribution is 2.43. The van der Waals surface area contributed by atoms with Crippen LogP contribution >= 0.6 is 11.3 Å². The van der Waals surface area contributed by atoms with Gasteiger partial charge in [-0.2, -0.15) is 26.9 Å². The number of alkyl halides is 6. The Morgan fingerprint density at radius 1 is 1.32 bits per heavy atom. The molecule has 0 saturated carbocycles. The number of carbonyl (C=O) groups excluding carboxylic acids is 1. The number of ether oxygens (including phenoxy) is 1. The van der Waals surface area contributed by atoms with Gasteiger partial charge in [-0.25, -0.2) is 4.39 Å². The van der Waals surface area contributed by atoms with Crippen LogP contribution in [0.15, 0.2) is 28.9 Å². The first-order valence-corrected chi connectivity index (χ1v) is 12.6. The Kier molecular flexibility index (Phi) is 7.59. The molecular weight excluding hydrogens is 568 g/mol. The molecule has 40 heavy (non-hydrogen) atoms. The summed E-state index contributed by atoms with van der Waals surface area (Å²) in [6, 6.07) is 4.23. The van der Waals surface area contributed by atoms with Crippen LogP contribution in [0.5, 0.6) is 5.88 Å². The van der Waals surface area contributed by atoms with Crippen LogP contribution in [0.2, 0.25) is 0 Å². The van der Waals surface area contributed by atoms with Crippen LogP contribution in [-0.4, -0.2) is 63.9 Å². The summed E-state index contributed by atoms with van der Waals surface area (Å²) < 4.78 is 91.1. The molecule has 3 aromatic heterocycles. The number of rotatable bonds is 9. The van der Waals surface area contributed by atoms with Crippen molar-refractivity contribution in [2.24, 2.45) is 7.05 Å². The second kappa shape index (κ2) is 11.0. The van der Waals surface area contributed by atoms with Crippen LogP contribution < -0.4 is 20.7 Å². The molecule has 1 amide bonds. The zero-order chi connectivity index (χ0) is 28.6. The zero-order valence-electron chi connectivity index (χ0n) is 20.6. The van der Waals surface area contributed by atoms with Gasteiger partial charge in [0.2, 0.25) is 11.7 Å². The molecule has 4 aromatic rings. The highest BCUT2D eigenvalue weighted by Gasteiger charge is 2.33. The summed E-state index contributed by atoms with van der Waals surface area (Å²) in [6.45, 7) is -3.02. The van der Waals surface area contributed by atoms with Crippen molar-refractivity contribution in [3.05, 3.63) is 41.4 Å². The quantitative estimate of drug-likeness (QED) is 0.251. The maximum atomic E-state index is 14.2. The minimum absolute atomic E-state index is 0.0713. The third kappa shape index (κ3) is 5.99. The van der Waals surface area contributed by atoms with Gasteiger partial charge in [0.1, 0.15) is 11.7 Å². The van der Waals surface area contributed by atoms with Gasteiger partial charge in [-0.1, -0.05) is 17.3 Å². The normalized spacial score (nSPS) is 17.6. The summed E-state index contributed by atoms with van der Waals surface area (Å²) >= 11 is 0.998. The lowest BCUT2D eigenvalue weighted by Gasteiger charge is -2.16. The van der Waals surface area contributed by atoms with Crippen LogP contribution in [0.3, 0.4) is 0 Å². The van der Waals surface area contributed by atoms with Crippen molar-refractivity contribution in [2.45, 2.75) is 38.0 Å². The zero-order valence-corrected chi connectivity index (χ0v) is 21.4. The Morgan fingerprint density at radius 2 is 2.12 bits per heavy atom. The average Bonchev–Trinajstić information content (AvgIpc) is 3.65. The molecule has 4 heterocycles. The van der Waals surface area contributed by atoms with E-state index >= 15 is 0 Å². The molecule has 0 bridgehead atoms. The summed E-state index contributed by atoms with van der Waals surface area (Å²) in [5.41, 5.74) is 0.133. The van der Waals surface area contributed by atoms with E-state index in [1.807, 2.05) is 0 Å². The van der Waals surface area contributed by atoms with E-state index in [0.717, 1.165) is 16.0 Å². The first kappa shape index (κ1) is 27.7. The summed E-state index contributed by atoms with van der Waals surface area (Å²) in [4.78, 5) is 16.7. The minimum Gasteiger partial charge on any atom is -0.414 e. The Labute approximate surface area is 225 Å². The van der Waals surface area contributed by atoms with Crippen molar-refractivity contribution >= 4 is 33.0 Å². The maximum absolute atomic E-state index is 14.2. The number of aryl methyl sites for hydroxylation is 1. The Bertz CT molecular complexity index is 1520. The van der Waals surface area contributed by atoms with Crippen LogP contribution in [0, 0.1) is 0 Å². The van der Waals surface area contributed by atoms with Crippen LogP contribution in [0.1, 0.15) is 21.8 Å². The molecule has 10 nitrogen and oxygen atoms in total. The standard InChI is InChI=1S/C23H21F6N7O3S/c1-36-9-12(21(34-36)38-22(25)26)20(37)31-8-16-33-19(35-39-16)18-11(5-23(27,28)29)10-3-2-4-14(17(10)40-18)32-15-7-30-6-13(15)24/h2-4,9,13,15,22,30,32H,5-8H2,1H3,(H,31,37). The number of amides is 1. The lowest BCUT2D eigenvalue weighted by Crippen LogP contribution is -2.29. The van der Waals surface area contributed by atoms with Crippen molar-refractivity contribution in [1.82, 2.24) is 30.6 Å². The number of thiophene rings is 1. The minimum atomic E-state index is -4.55.